The van der Waals surface area contributed by atoms with Gasteiger partial charge in [0.25, 0.3) is 0 Å². The summed E-state index contributed by atoms with van der Waals surface area (Å²) in [4.78, 5) is 23.0. The van der Waals surface area contributed by atoms with Gasteiger partial charge >= 0.3 is 5.97 Å². The molecule has 1 aliphatic carbocycles. The van der Waals surface area contributed by atoms with Crippen LogP contribution >= 0.6 is 0 Å². The van der Waals surface area contributed by atoms with E-state index < -0.39 is 5.97 Å². The molecule has 0 aromatic heterocycles. The second kappa shape index (κ2) is 8.34. The summed E-state index contributed by atoms with van der Waals surface area (Å²) in [5, 5.41) is 15.3. The van der Waals surface area contributed by atoms with Gasteiger partial charge in [-0.2, -0.15) is 0 Å². The van der Waals surface area contributed by atoms with Crippen LogP contribution in [0, 0.1) is 11.8 Å². The number of aliphatic carboxylic acids is 1. The molecule has 2 atom stereocenters. The van der Waals surface area contributed by atoms with Crippen molar-refractivity contribution in [1.82, 2.24) is 10.6 Å². The van der Waals surface area contributed by atoms with E-state index in [0.29, 0.717) is 6.54 Å². The summed E-state index contributed by atoms with van der Waals surface area (Å²) in [6.07, 6.45) is 5.68. The monoisotopic (exact) mass is 298 g/mol. The van der Waals surface area contributed by atoms with Crippen LogP contribution < -0.4 is 10.6 Å². The molecular formula is C15H26N2O4. The van der Waals surface area contributed by atoms with E-state index in [-0.39, 0.29) is 30.5 Å². The van der Waals surface area contributed by atoms with Gasteiger partial charge in [-0.15, -0.1) is 0 Å². The Labute approximate surface area is 125 Å². The minimum absolute atomic E-state index is 0.0547. The molecule has 2 rings (SSSR count). The predicted molar refractivity (Wildman–Crippen MR) is 77.9 cm³/mol. The van der Waals surface area contributed by atoms with E-state index in [2.05, 4.69) is 10.6 Å². The van der Waals surface area contributed by atoms with Crippen molar-refractivity contribution in [3.05, 3.63) is 0 Å². The topological polar surface area (TPSA) is 87.7 Å². The highest BCUT2D eigenvalue weighted by Crippen LogP contribution is 2.29. The smallest absolute Gasteiger partial charge is 0.306 e. The zero-order valence-corrected chi connectivity index (χ0v) is 12.5. The number of carboxylic acid groups (broad SMARTS) is 1. The number of nitrogens with one attached hydrogen (secondary N) is 2. The number of carboxylic acids is 1. The lowest BCUT2D eigenvalue weighted by Crippen LogP contribution is -2.40. The fourth-order valence-electron chi connectivity index (χ4n) is 3.23. The van der Waals surface area contributed by atoms with Crippen molar-refractivity contribution < 1.29 is 19.4 Å². The molecule has 2 fully saturated rings. The summed E-state index contributed by atoms with van der Waals surface area (Å²) in [5.74, 6) is -1.13. The fourth-order valence-corrected chi connectivity index (χ4v) is 3.23. The zero-order valence-electron chi connectivity index (χ0n) is 12.5. The average molecular weight is 298 g/mol. The maximum atomic E-state index is 11.8. The van der Waals surface area contributed by atoms with E-state index in [1.165, 1.54) is 0 Å². The summed E-state index contributed by atoms with van der Waals surface area (Å²) in [7, 11) is 0. The highest BCUT2D eigenvalue weighted by Gasteiger charge is 2.30. The molecular weight excluding hydrogens is 272 g/mol. The molecule has 1 heterocycles. The van der Waals surface area contributed by atoms with E-state index in [9.17, 15) is 14.7 Å². The molecule has 1 amide bonds. The number of amides is 1. The van der Waals surface area contributed by atoms with Crippen molar-refractivity contribution in [2.24, 2.45) is 11.8 Å². The Morgan fingerprint density at radius 1 is 1.14 bits per heavy atom. The van der Waals surface area contributed by atoms with Gasteiger partial charge in [-0.3, -0.25) is 9.59 Å². The maximum Gasteiger partial charge on any atom is 0.306 e. The van der Waals surface area contributed by atoms with Crippen LogP contribution in [0.2, 0.25) is 0 Å². The van der Waals surface area contributed by atoms with Gasteiger partial charge in [-0.25, -0.2) is 0 Å². The van der Waals surface area contributed by atoms with E-state index >= 15 is 0 Å². The Morgan fingerprint density at radius 3 is 2.57 bits per heavy atom. The van der Waals surface area contributed by atoms with E-state index in [0.717, 1.165) is 51.6 Å². The quantitative estimate of drug-likeness (QED) is 0.674. The second-order valence-electron chi connectivity index (χ2n) is 6.05. The van der Waals surface area contributed by atoms with Crippen molar-refractivity contribution in [1.29, 1.82) is 0 Å². The number of hydrogen-bond acceptors (Lipinski definition) is 4. The summed E-state index contributed by atoms with van der Waals surface area (Å²) >= 11 is 0. The molecule has 0 radical (unpaired) electrons. The summed E-state index contributed by atoms with van der Waals surface area (Å²) in [6, 6.07) is 0. The Balaban J connectivity index is 1.66. The Hall–Kier alpha value is -1.14. The van der Waals surface area contributed by atoms with E-state index in [4.69, 9.17) is 4.74 Å². The average Bonchev–Trinajstić information content (AvgIpc) is 2.52. The molecule has 2 unspecified atom stereocenters. The molecule has 1 saturated heterocycles. The van der Waals surface area contributed by atoms with Crippen molar-refractivity contribution in [3.63, 3.8) is 0 Å². The fraction of sp³-hybridized carbons (Fsp3) is 0.867. The summed E-state index contributed by atoms with van der Waals surface area (Å²) in [5.41, 5.74) is 0. The number of ether oxygens (including phenoxy) is 1. The van der Waals surface area contributed by atoms with E-state index in [1.807, 2.05) is 0 Å². The lowest BCUT2D eigenvalue weighted by Gasteiger charge is -2.28. The third-order valence-corrected chi connectivity index (χ3v) is 4.52. The third-order valence-electron chi connectivity index (χ3n) is 4.52. The van der Waals surface area contributed by atoms with Gasteiger partial charge in [0.05, 0.1) is 12.0 Å². The third kappa shape index (κ3) is 5.28. The van der Waals surface area contributed by atoms with Crippen molar-refractivity contribution in [2.75, 3.05) is 26.2 Å². The first-order chi connectivity index (χ1) is 10.2. The van der Waals surface area contributed by atoms with Crippen LogP contribution in [0.1, 0.15) is 38.5 Å². The molecule has 6 heteroatoms. The minimum Gasteiger partial charge on any atom is -0.481 e. The Morgan fingerprint density at radius 2 is 1.86 bits per heavy atom. The molecule has 21 heavy (non-hydrogen) atoms. The lowest BCUT2D eigenvalue weighted by atomic mass is 9.79. The van der Waals surface area contributed by atoms with Crippen LogP contribution in [-0.4, -0.2) is 49.3 Å². The Kier molecular flexibility index (Phi) is 6.45. The van der Waals surface area contributed by atoms with Gasteiger partial charge in [0.15, 0.2) is 0 Å². The highest BCUT2D eigenvalue weighted by molar-refractivity contribution is 5.77. The van der Waals surface area contributed by atoms with Crippen LogP contribution in [0.4, 0.5) is 0 Å². The van der Waals surface area contributed by atoms with Crippen molar-refractivity contribution in [3.8, 4) is 0 Å². The Bertz CT molecular complexity index is 356. The first kappa shape index (κ1) is 16.2. The van der Waals surface area contributed by atoms with Gasteiger partial charge in [0, 0.05) is 6.54 Å². The molecule has 0 aromatic rings. The summed E-state index contributed by atoms with van der Waals surface area (Å²) in [6.45, 7) is 2.41. The molecule has 1 aliphatic heterocycles. The molecule has 1 saturated carbocycles. The standard InChI is InChI=1S/C15H26N2O4/c18-14(10-21-12-5-7-16-8-6-12)17-9-11-3-1-2-4-13(11)15(19)20/h11-13,16H,1-10H2,(H,17,18)(H,19,20). The van der Waals surface area contributed by atoms with Crippen LogP contribution in [0.15, 0.2) is 0 Å². The highest BCUT2D eigenvalue weighted by atomic mass is 16.5. The van der Waals surface area contributed by atoms with Crippen LogP contribution in [0.3, 0.4) is 0 Å². The van der Waals surface area contributed by atoms with Gasteiger partial charge in [0.2, 0.25) is 5.91 Å². The summed E-state index contributed by atoms with van der Waals surface area (Å²) < 4.78 is 5.59. The zero-order chi connectivity index (χ0) is 15.1. The number of piperidine rings is 1. The van der Waals surface area contributed by atoms with Gasteiger partial charge in [0.1, 0.15) is 6.61 Å². The molecule has 2 aliphatic rings. The largest absolute Gasteiger partial charge is 0.481 e. The first-order valence-electron chi connectivity index (χ1n) is 7.98. The predicted octanol–water partition coefficient (Wildman–Crippen LogP) is 0.762. The van der Waals surface area contributed by atoms with Crippen molar-refractivity contribution >= 4 is 11.9 Å². The number of carbonyl (C=O) groups excluding carboxylic acids is 1. The van der Waals surface area contributed by atoms with E-state index in [1.54, 1.807) is 0 Å². The molecule has 0 aromatic carbocycles. The molecule has 0 bridgehead atoms. The number of rotatable bonds is 6. The first-order valence-corrected chi connectivity index (χ1v) is 7.98. The van der Waals surface area contributed by atoms with Gasteiger partial charge < -0.3 is 20.5 Å². The second-order valence-corrected chi connectivity index (χ2v) is 6.05. The van der Waals surface area contributed by atoms with Gasteiger partial charge in [-0.1, -0.05) is 12.8 Å². The van der Waals surface area contributed by atoms with Crippen molar-refractivity contribution in [2.45, 2.75) is 44.6 Å². The number of hydrogen-bond donors (Lipinski definition) is 3. The molecule has 0 spiro atoms. The van der Waals surface area contributed by atoms with Crippen LogP contribution in [0.25, 0.3) is 0 Å². The lowest BCUT2D eigenvalue weighted by molar-refractivity contribution is -0.145. The molecule has 3 N–H and O–H groups in total. The van der Waals surface area contributed by atoms with Gasteiger partial charge in [-0.05, 0) is 44.7 Å². The maximum absolute atomic E-state index is 11.8. The minimum atomic E-state index is -0.736. The van der Waals surface area contributed by atoms with Crippen LogP contribution in [-0.2, 0) is 14.3 Å². The molecule has 6 nitrogen and oxygen atoms in total. The van der Waals surface area contributed by atoms with Crippen LogP contribution in [0.5, 0.6) is 0 Å². The number of carbonyl (C=O) groups is 2. The molecule has 120 valence electrons. The normalized spacial score (nSPS) is 27.2. The SMILES string of the molecule is O=C(COC1CCNCC1)NCC1CCCCC1C(=O)O.